The minimum absolute atomic E-state index is 0.113. The van der Waals surface area contributed by atoms with Gasteiger partial charge in [0, 0.05) is 16.3 Å². The average molecular weight is 289 g/mol. The molecule has 0 radical (unpaired) electrons. The summed E-state index contributed by atoms with van der Waals surface area (Å²) in [5.41, 5.74) is 1.98. The molecule has 1 atom stereocenters. The molecule has 1 aromatic heterocycles. The molecule has 1 unspecified atom stereocenters. The first-order valence-electron chi connectivity index (χ1n) is 6.25. The van der Waals surface area contributed by atoms with Crippen molar-refractivity contribution in [3.8, 4) is 11.8 Å². The molecule has 3 rings (SSSR count). The highest BCUT2D eigenvalue weighted by Gasteiger charge is 2.22. The number of aromatic nitrogens is 2. The van der Waals surface area contributed by atoms with Gasteiger partial charge in [-0.05, 0) is 12.1 Å². The van der Waals surface area contributed by atoms with E-state index in [4.69, 9.17) is 9.47 Å². The van der Waals surface area contributed by atoms with Crippen molar-refractivity contribution < 1.29 is 9.47 Å². The van der Waals surface area contributed by atoms with Crippen molar-refractivity contribution in [2.75, 3.05) is 25.3 Å². The van der Waals surface area contributed by atoms with Gasteiger partial charge in [-0.15, -0.1) is 11.8 Å². The van der Waals surface area contributed by atoms with Crippen LogP contribution < -0.4 is 14.8 Å². The average Bonchev–Trinajstić information content (AvgIpc) is 2.53. The normalized spacial score (nSPS) is 17.0. The highest BCUT2D eigenvalue weighted by Crippen LogP contribution is 2.38. The van der Waals surface area contributed by atoms with Gasteiger partial charge in [0.15, 0.2) is 0 Å². The van der Waals surface area contributed by atoms with Crippen LogP contribution in [-0.4, -0.2) is 29.9 Å². The summed E-state index contributed by atoms with van der Waals surface area (Å²) in [5.74, 6) is 1.72. The molecule has 1 aliphatic rings. The van der Waals surface area contributed by atoms with Gasteiger partial charge in [0.05, 0.1) is 32.2 Å². The fraction of sp³-hybridized carbons (Fsp3) is 0.286. The number of hydrogen-bond donors (Lipinski definition) is 1. The highest BCUT2D eigenvalue weighted by atomic mass is 32.2. The van der Waals surface area contributed by atoms with Crippen LogP contribution in [0.5, 0.6) is 11.8 Å². The van der Waals surface area contributed by atoms with E-state index in [1.807, 2.05) is 23.9 Å². The maximum Gasteiger partial charge on any atom is 0.278 e. The second-order valence-electron chi connectivity index (χ2n) is 4.32. The molecule has 2 aromatic rings. The fourth-order valence-electron chi connectivity index (χ4n) is 2.09. The Morgan fingerprint density at radius 3 is 2.80 bits per heavy atom. The zero-order valence-corrected chi connectivity index (χ0v) is 12.1. The van der Waals surface area contributed by atoms with Crippen LogP contribution in [0, 0.1) is 0 Å². The predicted molar refractivity (Wildman–Crippen MR) is 78.7 cm³/mol. The molecule has 1 aromatic carbocycles. The Labute approximate surface area is 121 Å². The van der Waals surface area contributed by atoms with Crippen LogP contribution in [0.2, 0.25) is 0 Å². The molecular weight excluding hydrogens is 274 g/mol. The number of fused-ring (bicyclic) bond motifs is 1. The summed E-state index contributed by atoms with van der Waals surface area (Å²) in [7, 11) is 3.12. The third kappa shape index (κ3) is 2.38. The van der Waals surface area contributed by atoms with Crippen LogP contribution in [0.4, 0.5) is 5.69 Å². The second kappa shape index (κ2) is 5.58. The van der Waals surface area contributed by atoms with Crippen LogP contribution >= 0.6 is 11.8 Å². The smallest absolute Gasteiger partial charge is 0.278 e. The number of methoxy groups -OCH3 is 2. The standard InChI is InChI=1S/C14H15N3O2S/c1-18-13-14(19-2)17-10(7-15-13)11-8-20-12-6-4-3-5-9(12)16-11/h3-7,11,16H,8H2,1-2H3. The lowest BCUT2D eigenvalue weighted by molar-refractivity contribution is 0.329. The molecule has 2 heterocycles. The lowest BCUT2D eigenvalue weighted by Crippen LogP contribution is -2.19. The van der Waals surface area contributed by atoms with E-state index in [1.165, 1.54) is 4.90 Å². The summed E-state index contributed by atoms with van der Waals surface area (Å²) in [6.45, 7) is 0. The van der Waals surface area contributed by atoms with Crippen molar-refractivity contribution >= 4 is 17.4 Å². The summed E-state index contributed by atoms with van der Waals surface area (Å²) in [6, 6.07) is 8.37. The van der Waals surface area contributed by atoms with Crippen LogP contribution in [0.15, 0.2) is 35.4 Å². The zero-order valence-electron chi connectivity index (χ0n) is 11.3. The molecule has 0 saturated carbocycles. The molecule has 1 aliphatic heterocycles. The van der Waals surface area contributed by atoms with E-state index in [0.717, 1.165) is 17.1 Å². The van der Waals surface area contributed by atoms with Gasteiger partial charge in [0.2, 0.25) is 0 Å². The number of anilines is 1. The monoisotopic (exact) mass is 289 g/mol. The first-order chi connectivity index (χ1) is 9.81. The van der Waals surface area contributed by atoms with Gasteiger partial charge in [-0.2, -0.15) is 0 Å². The SMILES string of the molecule is COc1ncc(C2CSc3ccccc3N2)nc1OC. The van der Waals surface area contributed by atoms with Crippen LogP contribution in [-0.2, 0) is 0 Å². The maximum atomic E-state index is 5.20. The lowest BCUT2D eigenvalue weighted by Gasteiger charge is -2.26. The molecule has 0 spiro atoms. The Hall–Kier alpha value is -1.95. The maximum absolute atomic E-state index is 5.20. The van der Waals surface area contributed by atoms with Gasteiger partial charge in [-0.25, -0.2) is 9.97 Å². The van der Waals surface area contributed by atoms with Crippen LogP contribution in [0.25, 0.3) is 0 Å². The van der Waals surface area contributed by atoms with E-state index in [2.05, 4.69) is 27.4 Å². The molecule has 0 amide bonds. The molecule has 0 bridgehead atoms. The summed E-state index contributed by atoms with van der Waals surface area (Å²) in [4.78, 5) is 9.97. The predicted octanol–water partition coefficient (Wildman–Crippen LogP) is 2.75. The minimum atomic E-state index is 0.113. The zero-order chi connectivity index (χ0) is 13.9. The first-order valence-corrected chi connectivity index (χ1v) is 7.23. The van der Waals surface area contributed by atoms with E-state index >= 15 is 0 Å². The van der Waals surface area contributed by atoms with Gasteiger partial charge >= 0.3 is 0 Å². The number of thioether (sulfide) groups is 1. The molecule has 1 N–H and O–H groups in total. The van der Waals surface area contributed by atoms with Gasteiger partial charge in [0.25, 0.3) is 11.8 Å². The van der Waals surface area contributed by atoms with Gasteiger partial charge in [-0.3, -0.25) is 0 Å². The molecule has 0 fully saturated rings. The third-order valence-corrected chi connectivity index (χ3v) is 4.26. The van der Waals surface area contributed by atoms with Crippen LogP contribution in [0.3, 0.4) is 0 Å². The first kappa shape index (κ1) is 13.1. The van der Waals surface area contributed by atoms with Crippen molar-refractivity contribution in [3.05, 3.63) is 36.2 Å². The Balaban J connectivity index is 1.88. The molecule has 0 saturated heterocycles. The topological polar surface area (TPSA) is 56.3 Å². The second-order valence-corrected chi connectivity index (χ2v) is 5.38. The van der Waals surface area contributed by atoms with E-state index < -0.39 is 0 Å². The Kier molecular flexibility index (Phi) is 3.64. The Bertz CT molecular complexity index is 621. The van der Waals surface area contributed by atoms with E-state index in [1.54, 1.807) is 20.4 Å². The number of benzene rings is 1. The summed E-state index contributed by atoms with van der Waals surface area (Å²) < 4.78 is 10.3. The highest BCUT2D eigenvalue weighted by molar-refractivity contribution is 7.99. The van der Waals surface area contributed by atoms with E-state index in [-0.39, 0.29) is 6.04 Å². The Morgan fingerprint density at radius 1 is 1.20 bits per heavy atom. The van der Waals surface area contributed by atoms with E-state index in [9.17, 15) is 0 Å². The van der Waals surface area contributed by atoms with Crippen molar-refractivity contribution in [1.82, 2.24) is 9.97 Å². The molecule has 6 heteroatoms. The van der Waals surface area contributed by atoms with Crippen molar-refractivity contribution in [2.45, 2.75) is 10.9 Å². The quantitative estimate of drug-likeness (QED) is 0.937. The van der Waals surface area contributed by atoms with E-state index in [0.29, 0.717) is 11.8 Å². The molecule has 5 nitrogen and oxygen atoms in total. The van der Waals surface area contributed by atoms with Gasteiger partial charge < -0.3 is 14.8 Å². The molecule has 20 heavy (non-hydrogen) atoms. The summed E-state index contributed by atoms with van der Waals surface area (Å²) >= 11 is 1.81. The lowest BCUT2D eigenvalue weighted by atomic mass is 10.2. The molecule has 104 valence electrons. The molecule has 0 aliphatic carbocycles. The number of para-hydroxylation sites is 1. The third-order valence-electron chi connectivity index (χ3n) is 3.09. The van der Waals surface area contributed by atoms with Crippen LogP contribution in [0.1, 0.15) is 11.7 Å². The fourth-order valence-corrected chi connectivity index (χ4v) is 3.15. The minimum Gasteiger partial charge on any atom is -0.477 e. The number of hydrogen-bond acceptors (Lipinski definition) is 6. The van der Waals surface area contributed by atoms with Crippen molar-refractivity contribution in [1.29, 1.82) is 0 Å². The van der Waals surface area contributed by atoms with Gasteiger partial charge in [0.1, 0.15) is 0 Å². The largest absolute Gasteiger partial charge is 0.477 e. The number of nitrogens with zero attached hydrogens (tertiary/aromatic N) is 2. The molecular formula is C14H15N3O2S. The number of rotatable bonds is 3. The van der Waals surface area contributed by atoms with Gasteiger partial charge in [-0.1, -0.05) is 12.1 Å². The number of ether oxygens (including phenoxy) is 2. The summed E-state index contributed by atoms with van der Waals surface area (Å²) in [5, 5.41) is 3.48. The van der Waals surface area contributed by atoms with Crippen molar-refractivity contribution in [2.24, 2.45) is 0 Å². The summed E-state index contributed by atoms with van der Waals surface area (Å²) in [6.07, 6.45) is 1.73. The number of nitrogens with one attached hydrogen (secondary N) is 1. The van der Waals surface area contributed by atoms with Crippen molar-refractivity contribution in [3.63, 3.8) is 0 Å². The Morgan fingerprint density at radius 2 is 2.00 bits per heavy atom.